The first-order chi connectivity index (χ1) is 13.3. The van der Waals surface area contributed by atoms with E-state index in [1.807, 2.05) is 80.9 Å². The van der Waals surface area contributed by atoms with E-state index >= 15 is 0 Å². The number of carbonyl (C=O) groups is 1. The van der Waals surface area contributed by atoms with Crippen LogP contribution in [0.4, 0.5) is 5.69 Å². The van der Waals surface area contributed by atoms with Gasteiger partial charge in [-0.15, -0.1) is 0 Å². The third-order valence-electron chi connectivity index (χ3n) is 4.36. The van der Waals surface area contributed by atoms with Gasteiger partial charge < -0.3 is 10.1 Å². The first kappa shape index (κ1) is 20.0. The average molecular weight is 398 g/mol. The van der Waals surface area contributed by atoms with Crippen molar-refractivity contribution in [3.05, 3.63) is 70.5 Å². The predicted molar refractivity (Wildman–Crippen MR) is 113 cm³/mol. The number of rotatable bonds is 6. The SMILES string of the molecule is Cc1nn(-c2ccc(Cl)cc2)c(C)c1CC(=O)Nc1ccc(OC(C)C)cc1. The topological polar surface area (TPSA) is 56.2 Å². The molecule has 3 aromatic rings. The highest BCUT2D eigenvalue weighted by Gasteiger charge is 2.16. The van der Waals surface area contributed by atoms with Gasteiger partial charge in [0.1, 0.15) is 5.75 Å². The fraction of sp³-hybridized carbons (Fsp3) is 0.273. The number of nitrogens with one attached hydrogen (secondary N) is 1. The second-order valence-corrected chi connectivity index (χ2v) is 7.39. The molecule has 1 amide bonds. The van der Waals surface area contributed by atoms with Gasteiger partial charge in [-0.3, -0.25) is 4.79 Å². The van der Waals surface area contributed by atoms with Crippen LogP contribution in [0.1, 0.15) is 30.8 Å². The fourth-order valence-electron chi connectivity index (χ4n) is 3.02. The van der Waals surface area contributed by atoms with Gasteiger partial charge in [0.25, 0.3) is 0 Å². The Labute approximate surface area is 170 Å². The van der Waals surface area contributed by atoms with Gasteiger partial charge in [0.15, 0.2) is 0 Å². The van der Waals surface area contributed by atoms with E-state index in [9.17, 15) is 4.79 Å². The quantitative estimate of drug-likeness (QED) is 0.628. The summed E-state index contributed by atoms with van der Waals surface area (Å²) >= 11 is 5.97. The third-order valence-corrected chi connectivity index (χ3v) is 4.61. The van der Waals surface area contributed by atoms with Crippen LogP contribution in [0, 0.1) is 13.8 Å². The largest absolute Gasteiger partial charge is 0.491 e. The Balaban J connectivity index is 1.71. The molecule has 5 nitrogen and oxygen atoms in total. The molecule has 0 aliphatic heterocycles. The molecule has 0 aliphatic carbocycles. The normalized spacial score (nSPS) is 10.9. The van der Waals surface area contributed by atoms with Crippen LogP contribution in [0.25, 0.3) is 5.69 Å². The number of halogens is 1. The maximum Gasteiger partial charge on any atom is 0.228 e. The standard InChI is InChI=1S/C22H24ClN3O2/c1-14(2)28-20-11-7-18(8-12-20)24-22(27)13-21-15(3)25-26(16(21)4)19-9-5-17(23)6-10-19/h5-12,14H,13H2,1-4H3,(H,24,27). The summed E-state index contributed by atoms with van der Waals surface area (Å²) < 4.78 is 7.46. The number of aryl methyl sites for hydroxylation is 1. The van der Waals surface area contributed by atoms with E-state index in [-0.39, 0.29) is 18.4 Å². The lowest BCUT2D eigenvalue weighted by molar-refractivity contribution is -0.115. The molecule has 2 aromatic carbocycles. The summed E-state index contributed by atoms with van der Waals surface area (Å²) in [7, 11) is 0. The summed E-state index contributed by atoms with van der Waals surface area (Å²) in [5.74, 6) is 0.698. The molecule has 28 heavy (non-hydrogen) atoms. The number of benzene rings is 2. The predicted octanol–water partition coefficient (Wildman–Crippen LogP) is 5.11. The second kappa shape index (κ2) is 8.48. The van der Waals surface area contributed by atoms with Gasteiger partial charge in [0.2, 0.25) is 5.91 Å². The van der Waals surface area contributed by atoms with E-state index in [2.05, 4.69) is 10.4 Å². The fourth-order valence-corrected chi connectivity index (χ4v) is 3.15. The Bertz CT molecular complexity index is 961. The van der Waals surface area contributed by atoms with Gasteiger partial charge in [-0.25, -0.2) is 4.68 Å². The number of anilines is 1. The minimum Gasteiger partial charge on any atom is -0.491 e. The van der Waals surface area contributed by atoms with Crippen LogP contribution in [0.3, 0.4) is 0 Å². The molecular weight excluding hydrogens is 374 g/mol. The minimum atomic E-state index is -0.0839. The molecule has 0 fully saturated rings. The van der Waals surface area contributed by atoms with Crippen LogP contribution in [-0.4, -0.2) is 21.8 Å². The first-order valence-corrected chi connectivity index (χ1v) is 9.59. The number of nitrogens with zero attached hydrogens (tertiary/aromatic N) is 2. The summed E-state index contributed by atoms with van der Waals surface area (Å²) in [6.07, 6.45) is 0.374. The number of hydrogen-bond donors (Lipinski definition) is 1. The Morgan fingerprint density at radius 2 is 1.75 bits per heavy atom. The smallest absolute Gasteiger partial charge is 0.228 e. The zero-order chi connectivity index (χ0) is 20.3. The van der Waals surface area contributed by atoms with E-state index in [0.29, 0.717) is 5.02 Å². The van der Waals surface area contributed by atoms with Gasteiger partial charge in [-0.1, -0.05) is 11.6 Å². The molecule has 1 N–H and O–H groups in total. The van der Waals surface area contributed by atoms with Gasteiger partial charge in [0.05, 0.1) is 23.9 Å². The molecule has 1 aromatic heterocycles. The first-order valence-electron chi connectivity index (χ1n) is 9.21. The molecule has 1 heterocycles. The lowest BCUT2D eigenvalue weighted by Crippen LogP contribution is -2.15. The van der Waals surface area contributed by atoms with E-state index in [4.69, 9.17) is 16.3 Å². The molecular formula is C22H24ClN3O2. The van der Waals surface area contributed by atoms with Crippen molar-refractivity contribution >= 4 is 23.2 Å². The summed E-state index contributed by atoms with van der Waals surface area (Å²) in [5, 5.41) is 8.19. The van der Waals surface area contributed by atoms with E-state index < -0.39 is 0 Å². The zero-order valence-electron chi connectivity index (χ0n) is 16.5. The molecule has 3 rings (SSSR count). The Hall–Kier alpha value is -2.79. The van der Waals surface area contributed by atoms with Crippen molar-refractivity contribution in [2.75, 3.05) is 5.32 Å². The van der Waals surface area contributed by atoms with E-state index in [1.54, 1.807) is 0 Å². The second-order valence-electron chi connectivity index (χ2n) is 6.95. The molecule has 0 aliphatic rings. The van der Waals surface area contributed by atoms with Crippen molar-refractivity contribution in [2.45, 2.75) is 40.2 Å². The highest BCUT2D eigenvalue weighted by atomic mass is 35.5. The van der Waals surface area contributed by atoms with Crippen molar-refractivity contribution in [3.8, 4) is 11.4 Å². The van der Waals surface area contributed by atoms with E-state index in [0.717, 1.165) is 34.1 Å². The molecule has 0 saturated carbocycles. The highest BCUT2D eigenvalue weighted by Crippen LogP contribution is 2.21. The number of ether oxygens (including phenoxy) is 1. The third kappa shape index (κ3) is 4.73. The molecule has 0 radical (unpaired) electrons. The van der Waals surface area contributed by atoms with Crippen LogP contribution in [-0.2, 0) is 11.2 Å². The van der Waals surface area contributed by atoms with Gasteiger partial charge in [-0.2, -0.15) is 5.10 Å². The molecule has 0 unspecified atom stereocenters. The van der Waals surface area contributed by atoms with Crippen LogP contribution < -0.4 is 10.1 Å². The average Bonchev–Trinajstić information content (AvgIpc) is 2.92. The van der Waals surface area contributed by atoms with Gasteiger partial charge in [-0.05, 0) is 76.2 Å². The van der Waals surface area contributed by atoms with Gasteiger partial charge >= 0.3 is 0 Å². The summed E-state index contributed by atoms with van der Waals surface area (Å²) in [4.78, 5) is 12.5. The number of aromatic nitrogens is 2. The Kier molecular flexibility index (Phi) is 6.05. The van der Waals surface area contributed by atoms with Crippen LogP contribution in [0.15, 0.2) is 48.5 Å². The van der Waals surface area contributed by atoms with Crippen molar-refractivity contribution in [3.63, 3.8) is 0 Å². The molecule has 0 bridgehead atoms. The Morgan fingerprint density at radius 3 is 2.36 bits per heavy atom. The maximum absolute atomic E-state index is 12.5. The van der Waals surface area contributed by atoms with Crippen LogP contribution >= 0.6 is 11.6 Å². The summed E-state index contributed by atoms with van der Waals surface area (Å²) in [6, 6.07) is 14.9. The number of carbonyl (C=O) groups excluding carboxylic acids is 1. The number of amides is 1. The highest BCUT2D eigenvalue weighted by molar-refractivity contribution is 6.30. The van der Waals surface area contributed by atoms with Gasteiger partial charge in [0, 0.05) is 22.0 Å². The maximum atomic E-state index is 12.5. The van der Waals surface area contributed by atoms with Crippen molar-refractivity contribution in [1.29, 1.82) is 0 Å². The Morgan fingerprint density at radius 1 is 1.11 bits per heavy atom. The number of hydrogen-bond acceptors (Lipinski definition) is 3. The summed E-state index contributed by atoms with van der Waals surface area (Å²) in [6.45, 7) is 7.84. The van der Waals surface area contributed by atoms with Crippen molar-refractivity contribution < 1.29 is 9.53 Å². The van der Waals surface area contributed by atoms with Crippen molar-refractivity contribution in [1.82, 2.24) is 9.78 Å². The minimum absolute atomic E-state index is 0.0839. The lowest BCUT2D eigenvalue weighted by atomic mass is 10.1. The van der Waals surface area contributed by atoms with Crippen LogP contribution in [0.5, 0.6) is 5.75 Å². The van der Waals surface area contributed by atoms with E-state index in [1.165, 1.54) is 0 Å². The van der Waals surface area contributed by atoms with Crippen molar-refractivity contribution in [2.24, 2.45) is 0 Å². The lowest BCUT2D eigenvalue weighted by Gasteiger charge is -2.11. The molecule has 0 atom stereocenters. The molecule has 146 valence electrons. The summed E-state index contributed by atoms with van der Waals surface area (Å²) in [5.41, 5.74) is 4.35. The zero-order valence-corrected chi connectivity index (χ0v) is 17.2. The molecule has 0 saturated heterocycles. The van der Waals surface area contributed by atoms with Crippen LogP contribution in [0.2, 0.25) is 5.02 Å². The molecule has 0 spiro atoms. The monoisotopic (exact) mass is 397 g/mol. The molecule has 6 heteroatoms.